The number of carbonyl (C=O) groups excluding carboxylic acids is 1. The Bertz CT molecular complexity index is 734. The molecule has 1 atom stereocenters. The first kappa shape index (κ1) is 15.6. The number of pyridine rings is 1. The number of methoxy groups -OCH3 is 1. The SMILES string of the molecule is COc1ncccc1CN1CC[C@]2(CCN(c3ccsc3)C2=O)C1. The summed E-state index contributed by atoms with van der Waals surface area (Å²) < 4.78 is 5.35. The lowest BCUT2D eigenvalue weighted by atomic mass is 9.85. The normalized spacial score (nSPS) is 24.2. The minimum absolute atomic E-state index is 0.211. The molecule has 0 aromatic carbocycles. The van der Waals surface area contributed by atoms with Gasteiger partial charge in [0.05, 0.1) is 18.2 Å². The molecule has 0 saturated carbocycles. The maximum Gasteiger partial charge on any atom is 0.234 e. The molecule has 1 spiro atoms. The number of aromatic nitrogens is 1. The van der Waals surface area contributed by atoms with Crippen molar-refractivity contribution < 1.29 is 9.53 Å². The second-order valence-corrected chi connectivity index (χ2v) is 7.38. The van der Waals surface area contributed by atoms with Crippen molar-refractivity contribution in [2.75, 3.05) is 31.6 Å². The van der Waals surface area contributed by atoms with Gasteiger partial charge in [-0.05, 0) is 36.9 Å². The molecule has 0 aliphatic carbocycles. The third-order valence-corrected chi connectivity index (χ3v) is 5.87. The third kappa shape index (κ3) is 2.59. The summed E-state index contributed by atoms with van der Waals surface area (Å²) >= 11 is 1.64. The summed E-state index contributed by atoms with van der Waals surface area (Å²) in [6.07, 6.45) is 3.63. The van der Waals surface area contributed by atoms with Gasteiger partial charge in [0.15, 0.2) is 0 Å². The Kier molecular flexibility index (Phi) is 4.02. The molecule has 24 heavy (non-hydrogen) atoms. The zero-order valence-electron chi connectivity index (χ0n) is 13.8. The smallest absolute Gasteiger partial charge is 0.234 e. The van der Waals surface area contributed by atoms with E-state index in [1.165, 1.54) is 0 Å². The average Bonchev–Trinajstić information content (AvgIpc) is 3.32. The molecule has 2 aliphatic heterocycles. The summed E-state index contributed by atoms with van der Waals surface area (Å²) in [5.41, 5.74) is 1.92. The van der Waals surface area contributed by atoms with E-state index in [2.05, 4.69) is 15.3 Å². The highest BCUT2D eigenvalue weighted by molar-refractivity contribution is 7.08. The van der Waals surface area contributed by atoms with Crippen LogP contribution in [0.25, 0.3) is 0 Å². The minimum atomic E-state index is -0.211. The summed E-state index contributed by atoms with van der Waals surface area (Å²) in [7, 11) is 1.65. The first-order valence-electron chi connectivity index (χ1n) is 8.26. The number of thiophene rings is 1. The summed E-state index contributed by atoms with van der Waals surface area (Å²) in [5.74, 6) is 0.970. The standard InChI is InChI=1S/C18H21N3O2S/c1-23-16-14(3-2-7-19-16)11-20-8-5-18(13-20)6-9-21(17(18)22)15-4-10-24-12-15/h2-4,7,10,12H,5-6,8-9,11,13H2,1H3/t18-/m0/s1. The zero-order chi connectivity index (χ0) is 16.6. The predicted molar refractivity (Wildman–Crippen MR) is 94.4 cm³/mol. The highest BCUT2D eigenvalue weighted by Crippen LogP contribution is 2.43. The lowest BCUT2D eigenvalue weighted by Crippen LogP contribution is -2.36. The summed E-state index contributed by atoms with van der Waals surface area (Å²) in [5, 5.41) is 4.09. The van der Waals surface area contributed by atoms with Crippen LogP contribution in [0.15, 0.2) is 35.2 Å². The van der Waals surface area contributed by atoms with Crippen molar-refractivity contribution in [3.05, 3.63) is 40.7 Å². The number of hydrogen-bond donors (Lipinski definition) is 0. The van der Waals surface area contributed by atoms with Gasteiger partial charge in [0.1, 0.15) is 0 Å². The summed E-state index contributed by atoms with van der Waals surface area (Å²) in [6, 6.07) is 6.02. The van der Waals surface area contributed by atoms with Crippen LogP contribution in [0, 0.1) is 5.41 Å². The van der Waals surface area contributed by atoms with Crippen LogP contribution in [0.1, 0.15) is 18.4 Å². The molecule has 2 fully saturated rings. The number of anilines is 1. The van der Waals surface area contributed by atoms with Crippen molar-refractivity contribution in [3.8, 4) is 5.88 Å². The van der Waals surface area contributed by atoms with Gasteiger partial charge in [0, 0.05) is 36.8 Å². The third-order valence-electron chi connectivity index (χ3n) is 5.20. The van der Waals surface area contributed by atoms with Crippen molar-refractivity contribution in [2.24, 2.45) is 5.41 Å². The van der Waals surface area contributed by atoms with Gasteiger partial charge >= 0.3 is 0 Å². The van der Waals surface area contributed by atoms with E-state index in [0.29, 0.717) is 11.8 Å². The molecule has 4 heterocycles. The molecule has 1 amide bonds. The van der Waals surface area contributed by atoms with Crippen LogP contribution < -0.4 is 9.64 Å². The number of likely N-dealkylation sites (tertiary alicyclic amines) is 1. The van der Waals surface area contributed by atoms with Crippen LogP contribution in [0.3, 0.4) is 0 Å². The van der Waals surface area contributed by atoms with E-state index in [9.17, 15) is 4.79 Å². The van der Waals surface area contributed by atoms with Crippen LogP contribution in [0.5, 0.6) is 5.88 Å². The molecule has 6 heteroatoms. The Balaban J connectivity index is 1.47. The Morgan fingerprint density at radius 3 is 3.00 bits per heavy atom. The molecule has 0 unspecified atom stereocenters. The van der Waals surface area contributed by atoms with E-state index in [1.807, 2.05) is 28.5 Å². The number of ether oxygens (including phenoxy) is 1. The Morgan fingerprint density at radius 2 is 2.21 bits per heavy atom. The zero-order valence-corrected chi connectivity index (χ0v) is 14.6. The van der Waals surface area contributed by atoms with Gasteiger partial charge in [-0.2, -0.15) is 11.3 Å². The number of carbonyl (C=O) groups is 1. The number of hydrogen-bond acceptors (Lipinski definition) is 5. The first-order valence-corrected chi connectivity index (χ1v) is 9.20. The highest BCUT2D eigenvalue weighted by atomic mass is 32.1. The van der Waals surface area contributed by atoms with Crippen LogP contribution in [-0.4, -0.2) is 42.5 Å². The largest absolute Gasteiger partial charge is 0.481 e. The second-order valence-electron chi connectivity index (χ2n) is 6.60. The fraction of sp³-hybridized carbons (Fsp3) is 0.444. The molecule has 2 aliphatic rings. The van der Waals surface area contributed by atoms with Crippen LogP contribution in [0.4, 0.5) is 5.69 Å². The lowest BCUT2D eigenvalue weighted by molar-refractivity contribution is -0.125. The van der Waals surface area contributed by atoms with E-state index >= 15 is 0 Å². The molecule has 5 nitrogen and oxygen atoms in total. The molecule has 0 N–H and O–H groups in total. The summed E-state index contributed by atoms with van der Waals surface area (Å²) in [4.78, 5) is 21.6. The van der Waals surface area contributed by atoms with E-state index in [0.717, 1.165) is 50.3 Å². The summed E-state index contributed by atoms with van der Waals surface area (Å²) in [6.45, 7) is 3.38. The molecule has 4 rings (SSSR count). The van der Waals surface area contributed by atoms with E-state index < -0.39 is 0 Å². The molecule has 2 saturated heterocycles. The van der Waals surface area contributed by atoms with Crippen LogP contribution in [-0.2, 0) is 11.3 Å². The molecule has 2 aromatic heterocycles. The molecule has 0 radical (unpaired) electrons. The van der Waals surface area contributed by atoms with Crippen molar-refractivity contribution in [3.63, 3.8) is 0 Å². The molecular formula is C18H21N3O2S. The van der Waals surface area contributed by atoms with Crippen molar-refractivity contribution in [2.45, 2.75) is 19.4 Å². The second kappa shape index (κ2) is 6.18. The van der Waals surface area contributed by atoms with Gasteiger partial charge in [-0.25, -0.2) is 4.98 Å². The minimum Gasteiger partial charge on any atom is -0.481 e. The monoisotopic (exact) mass is 343 g/mol. The number of nitrogens with zero attached hydrogens (tertiary/aromatic N) is 3. The van der Waals surface area contributed by atoms with Crippen LogP contribution in [0.2, 0.25) is 0 Å². The maximum atomic E-state index is 13.0. The highest BCUT2D eigenvalue weighted by Gasteiger charge is 2.51. The quantitative estimate of drug-likeness (QED) is 0.856. The maximum absolute atomic E-state index is 13.0. The van der Waals surface area contributed by atoms with Gasteiger partial charge in [-0.1, -0.05) is 6.07 Å². The molecular weight excluding hydrogens is 322 g/mol. The van der Waals surface area contributed by atoms with Gasteiger partial charge < -0.3 is 9.64 Å². The molecule has 2 aromatic rings. The first-order chi connectivity index (χ1) is 11.7. The fourth-order valence-electron chi connectivity index (χ4n) is 3.92. The topological polar surface area (TPSA) is 45.7 Å². The van der Waals surface area contributed by atoms with E-state index in [4.69, 9.17) is 4.74 Å². The Hall–Kier alpha value is -1.92. The lowest BCUT2D eigenvalue weighted by Gasteiger charge is -2.23. The van der Waals surface area contributed by atoms with Gasteiger partial charge in [-0.3, -0.25) is 9.69 Å². The van der Waals surface area contributed by atoms with E-state index in [1.54, 1.807) is 24.6 Å². The average molecular weight is 343 g/mol. The van der Waals surface area contributed by atoms with Gasteiger partial charge in [0.2, 0.25) is 11.8 Å². The van der Waals surface area contributed by atoms with Crippen molar-refractivity contribution in [1.29, 1.82) is 0 Å². The van der Waals surface area contributed by atoms with Gasteiger partial charge in [0.25, 0.3) is 0 Å². The van der Waals surface area contributed by atoms with Gasteiger partial charge in [-0.15, -0.1) is 0 Å². The van der Waals surface area contributed by atoms with Crippen molar-refractivity contribution >= 4 is 22.9 Å². The van der Waals surface area contributed by atoms with E-state index in [-0.39, 0.29) is 5.41 Å². The van der Waals surface area contributed by atoms with Crippen LogP contribution >= 0.6 is 11.3 Å². The number of amides is 1. The predicted octanol–water partition coefficient (Wildman–Crippen LogP) is 2.78. The molecule has 126 valence electrons. The van der Waals surface area contributed by atoms with Crippen molar-refractivity contribution in [1.82, 2.24) is 9.88 Å². The Labute approximate surface area is 145 Å². The fourth-order valence-corrected chi connectivity index (χ4v) is 4.56. The number of rotatable bonds is 4. The Morgan fingerprint density at radius 1 is 1.33 bits per heavy atom. The molecule has 0 bridgehead atoms.